The molecule has 0 aromatic heterocycles. The fraction of sp³-hybridized carbons (Fsp3) is 0.417. The first-order chi connectivity index (χ1) is 7.99. The molecule has 1 unspecified atom stereocenters. The predicted molar refractivity (Wildman–Crippen MR) is 71.8 cm³/mol. The van der Waals surface area contributed by atoms with Crippen molar-refractivity contribution < 1.29 is 14.3 Å². The molecule has 17 heavy (non-hydrogen) atoms. The van der Waals surface area contributed by atoms with Gasteiger partial charge in [-0.25, -0.2) is 4.39 Å². The van der Waals surface area contributed by atoms with E-state index in [1.165, 1.54) is 6.07 Å². The number of nitrogens with zero attached hydrogens (tertiary/aromatic N) is 1. The quantitative estimate of drug-likeness (QED) is 0.835. The Balaban J connectivity index is 2.22. The van der Waals surface area contributed by atoms with Gasteiger partial charge in [-0.2, -0.15) is 0 Å². The molecule has 1 saturated heterocycles. The number of carboxylic acids is 1. The summed E-state index contributed by atoms with van der Waals surface area (Å²) in [6.45, 7) is 2.88. The number of aliphatic carboxylic acids is 1. The van der Waals surface area contributed by atoms with Crippen molar-refractivity contribution >= 4 is 34.2 Å². The molecule has 0 radical (unpaired) electrons. The van der Waals surface area contributed by atoms with Gasteiger partial charge in [0, 0.05) is 22.3 Å². The van der Waals surface area contributed by atoms with Crippen molar-refractivity contribution in [2.45, 2.75) is 13.3 Å². The van der Waals surface area contributed by atoms with E-state index in [1.54, 1.807) is 6.92 Å². The molecule has 1 heterocycles. The minimum atomic E-state index is -0.769. The molecule has 1 N–H and O–H groups in total. The maximum atomic E-state index is 13.6. The highest BCUT2D eigenvalue weighted by atomic mass is 127. The van der Waals surface area contributed by atoms with Gasteiger partial charge < -0.3 is 10.0 Å². The smallest absolute Gasteiger partial charge is 0.308 e. The summed E-state index contributed by atoms with van der Waals surface area (Å²) in [4.78, 5) is 12.8. The van der Waals surface area contributed by atoms with Crippen LogP contribution in [-0.4, -0.2) is 24.2 Å². The lowest BCUT2D eigenvalue weighted by molar-refractivity contribution is -0.140. The third-order valence-corrected chi connectivity index (χ3v) is 4.29. The number of halogens is 2. The summed E-state index contributed by atoms with van der Waals surface area (Å²) in [7, 11) is 0. The van der Waals surface area contributed by atoms with Crippen molar-refractivity contribution in [2.24, 2.45) is 5.92 Å². The molecule has 1 fully saturated rings. The number of anilines is 1. The molecule has 5 heteroatoms. The molecule has 0 bridgehead atoms. The van der Waals surface area contributed by atoms with E-state index in [1.807, 2.05) is 11.0 Å². The first-order valence-corrected chi connectivity index (χ1v) is 6.50. The Hall–Kier alpha value is -0.850. The van der Waals surface area contributed by atoms with Crippen LogP contribution in [0.15, 0.2) is 12.1 Å². The van der Waals surface area contributed by atoms with Crippen molar-refractivity contribution in [1.29, 1.82) is 0 Å². The highest BCUT2D eigenvalue weighted by Crippen LogP contribution is 2.28. The van der Waals surface area contributed by atoms with Gasteiger partial charge in [-0.1, -0.05) is 0 Å². The van der Waals surface area contributed by atoms with E-state index >= 15 is 0 Å². The van der Waals surface area contributed by atoms with Crippen molar-refractivity contribution in [3.05, 3.63) is 27.1 Å². The molecule has 1 aliphatic rings. The Morgan fingerprint density at radius 2 is 2.29 bits per heavy atom. The third-order valence-electron chi connectivity index (χ3n) is 3.17. The molecule has 1 aromatic rings. The van der Waals surface area contributed by atoms with Gasteiger partial charge in [0.1, 0.15) is 5.82 Å². The maximum absolute atomic E-state index is 13.6. The second kappa shape index (κ2) is 4.80. The number of rotatable bonds is 2. The fourth-order valence-electron chi connectivity index (χ4n) is 2.01. The molecule has 92 valence electrons. The Labute approximate surface area is 113 Å². The van der Waals surface area contributed by atoms with Crippen molar-refractivity contribution in [2.75, 3.05) is 18.0 Å². The van der Waals surface area contributed by atoms with Gasteiger partial charge in [0.05, 0.1) is 5.92 Å². The summed E-state index contributed by atoms with van der Waals surface area (Å²) in [5, 5.41) is 8.93. The van der Waals surface area contributed by atoms with Crippen LogP contribution in [0.25, 0.3) is 0 Å². The summed E-state index contributed by atoms with van der Waals surface area (Å²) >= 11 is 2.10. The Morgan fingerprint density at radius 1 is 1.59 bits per heavy atom. The molecule has 1 aliphatic heterocycles. The zero-order valence-corrected chi connectivity index (χ0v) is 11.6. The second-order valence-corrected chi connectivity index (χ2v) is 5.47. The SMILES string of the molecule is Cc1c(F)cc(N2CCC(C(=O)O)C2)cc1I. The minimum Gasteiger partial charge on any atom is -0.481 e. The highest BCUT2D eigenvalue weighted by Gasteiger charge is 2.28. The van der Waals surface area contributed by atoms with Crippen LogP contribution in [0, 0.1) is 22.2 Å². The van der Waals surface area contributed by atoms with E-state index in [-0.39, 0.29) is 11.7 Å². The van der Waals surface area contributed by atoms with E-state index in [2.05, 4.69) is 22.6 Å². The van der Waals surface area contributed by atoms with E-state index in [0.29, 0.717) is 25.1 Å². The van der Waals surface area contributed by atoms with Gasteiger partial charge >= 0.3 is 5.97 Å². The normalized spacial score (nSPS) is 19.7. The summed E-state index contributed by atoms with van der Waals surface area (Å²) < 4.78 is 14.5. The molecule has 2 rings (SSSR count). The van der Waals surface area contributed by atoms with Crippen LogP contribution in [0.5, 0.6) is 0 Å². The average molecular weight is 349 g/mol. The van der Waals surface area contributed by atoms with E-state index in [4.69, 9.17) is 5.11 Å². The zero-order chi connectivity index (χ0) is 12.6. The largest absolute Gasteiger partial charge is 0.481 e. The van der Waals surface area contributed by atoms with Gasteiger partial charge in [-0.05, 0) is 53.6 Å². The van der Waals surface area contributed by atoms with E-state index in [0.717, 1.165) is 9.26 Å². The van der Waals surface area contributed by atoms with Gasteiger partial charge in [0.2, 0.25) is 0 Å². The van der Waals surface area contributed by atoms with Gasteiger partial charge in [0.25, 0.3) is 0 Å². The number of hydrogen-bond donors (Lipinski definition) is 1. The number of carbonyl (C=O) groups is 1. The van der Waals surface area contributed by atoms with Crippen LogP contribution in [0.3, 0.4) is 0 Å². The molecule has 3 nitrogen and oxygen atoms in total. The van der Waals surface area contributed by atoms with Gasteiger partial charge in [-0.3, -0.25) is 4.79 Å². The van der Waals surface area contributed by atoms with Crippen LogP contribution >= 0.6 is 22.6 Å². The highest BCUT2D eigenvalue weighted by molar-refractivity contribution is 14.1. The fourth-order valence-corrected chi connectivity index (χ4v) is 2.59. The van der Waals surface area contributed by atoms with Crippen LogP contribution < -0.4 is 4.90 Å². The van der Waals surface area contributed by atoms with Crippen LogP contribution in [0.4, 0.5) is 10.1 Å². The molecule has 0 amide bonds. The molecular weight excluding hydrogens is 336 g/mol. The van der Waals surface area contributed by atoms with Crippen LogP contribution in [0.1, 0.15) is 12.0 Å². The monoisotopic (exact) mass is 349 g/mol. The zero-order valence-electron chi connectivity index (χ0n) is 9.41. The van der Waals surface area contributed by atoms with E-state index in [9.17, 15) is 9.18 Å². The number of hydrogen-bond acceptors (Lipinski definition) is 2. The molecule has 0 saturated carbocycles. The van der Waals surface area contributed by atoms with Gasteiger partial charge in [0.15, 0.2) is 0 Å². The van der Waals surface area contributed by atoms with Crippen LogP contribution in [-0.2, 0) is 4.79 Å². The number of benzene rings is 1. The van der Waals surface area contributed by atoms with Crippen LogP contribution in [0.2, 0.25) is 0 Å². The number of carboxylic acid groups (broad SMARTS) is 1. The average Bonchev–Trinajstić information content (AvgIpc) is 2.74. The first-order valence-electron chi connectivity index (χ1n) is 5.42. The lowest BCUT2D eigenvalue weighted by Crippen LogP contribution is -2.22. The molecule has 1 aromatic carbocycles. The van der Waals surface area contributed by atoms with Gasteiger partial charge in [-0.15, -0.1) is 0 Å². The Kier molecular flexibility index (Phi) is 3.56. The first kappa shape index (κ1) is 12.6. The molecule has 0 spiro atoms. The Bertz CT molecular complexity index is 441. The predicted octanol–water partition coefficient (Wildman–Crippen LogP) is 2.65. The van der Waals surface area contributed by atoms with Crippen molar-refractivity contribution in [3.63, 3.8) is 0 Å². The summed E-state index contributed by atoms with van der Waals surface area (Å²) in [5.41, 5.74) is 1.42. The minimum absolute atomic E-state index is 0.231. The Morgan fingerprint density at radius 3 is 2.82 bits per heavy atom. The topological polar surface area (TPSA) is 40.5 Å². The lowest BCUT2D eigenvalue weighted by atomic mass is 10.1. The van der Waals surface area contributed by atoms with Crippen molar-refractivity contribution in [3.8, 4) is 0 Å². The summed E-state index contributed by atoms with van der Waals surface area (Å²) in [6, 6.07) is 3.39. The maximum Gasteiger partial charge on any atom is 0.308 e. The summed E-state index contributed by atoms with van der Waals surface area (Å²) in [5.74, 6) is -1.34. The molecule has 0 aliphatic carbocycles. The molecular formula is C12H13FINO2. The van der Waals surface area contributed by atoms with Crippen molar-refractivity contribution in [1.82, 2.24) is 0 Å². The van der Waals surface area contributed by atoms with E-state index < -0.39 is 5.97 Å². The third kappa shape index (κ3) is 2.53. The summed E-state index contributed by atoms with van der Waals surface area (Å²) in [6.07, 6.45) is 0.626. The second-order valence-electron chi connectivity index (χ2n) is 4.30. The lowest BCUT2D eigenvalue weighted by Gasteiger charge is -2.19. The standard InChI is InChI=1S/C12H13FINO2/c1-7-10(13)4-9(5-11(7)14)15-3-2-8(6-15)12(16)17/h4-5,8H,2-3,6H2,1H3,(H,16,17). The molecule has 1 atom stereocenters.